The third-order valence-electron chi connectivity index (χ3n) is 7.16. The standard InChI is InChI=1S/C31F17N5/c32-19-9(4-52)20(33)25(38)15(24(19)37)7(2-50)12-11(13(12)8(3-51)16-26(39)21(34)10(5-53)22(35)27(16)40)6(1-49)14-17(30(43,44)45)28(41)18(31(46,47)48)29(42)23(14)36. The predicted molar refractivity (Wildman–Crippen MR) is 136 cm³/mol. The third kappa shape index (κ3) is 5.72. The van der Waals surface area contributed by atoms with E-state index in [-0.39, 0.29) is 0 Å². The second-order valence-electron chi connectivity index (χ2n) is 9.88. The minimum absolute atomic E-state index is 0.588. The Morgan fingerprint density at radius 1 is 0.340 bits per heavy atom. The molecule has 3 aromatic carbocycles. The molecule has 22 heteroatoms. The quantitative estimate of drug-likeness (QED) is 0.150. The van der Waals surface area contributed by atoms with Crippen molar-refractivity contribution in [2.24, 2.45) is 0 Å². The first-order valence-electron chi connectivity index (χ1n) is 12.8. The van der Waals surface area contributed by atoms with Gasteiger partial charge in [0.1, 0.15) is 52.6 Å². The van der Waals surface area contributed by atoms with Crippen LogP contribution < -0.4 is 0 Å². The second-order valence-corrected chi connectivity index (χ2v) is 9.88. The fraction of sp³-hybridized carbons (Fsp3) is 0.0645. The molecule has 0 heterocycles. The van der Waals surface area contributed by atoms with Gasteiger partial charge in [0, 0.05) is 22.3 Å². The lowest BCUT2D eigenvalue weighted by atomic mass is 9.93. The van der Waals surface area contributed by atoms with Crippen molar-refractivity contribution < 1.29 is 74.6 Å². The molecule has 1 fully saturated rings. The molecule has 0 atom stereocenters. The fourth-order valence-corrected chi connectivity index (χ4v) is 4.96. The van der Waals surface area contributed by atoms with Gasteiger partial charge in [0.05, 0.1) is 27.8 Å². The maximum Gasteiger partial charge on any atom is 0.422 e. The number of hydrogen-bond acceptors (Lipinski definition) is 5. The number of benzene rings is 3. The van der Waals surface area contributed by atoms with Gasteiger partial charge in [0.25, 0.3) is 0 Å². The average Bonchev–Trinajstić information content (AvgIpc) is 3.78. The molecule has 0 bridgehead atoms. The van der Waals surface area contributed by atoms with Crippen molar-refractivity contribution in [2.75, 3.05) is 0 Å². The van der Waals surface area contributed by atoms with Gasteiger partial charge in [-0.2, -0.15) is 52.7 Å². The lowest BCUT2D eigenvalue weighted by Crippen LogP contribution is -2.22. The van der Waals surface area contributed by atoms with E-state index in [0.717, 1.165) is 12.1 Å². The van der Waals surface area contributed by atoms with E-state index >= 15 is 22.0 Å². The number of allylic oxidation sites excluding steroid dienone is 6. The normalized spacial score (nSPS) is 14.5. The Balaban J connectivity index is 2.45. The summed E-state index contributed by atoms with van der Waals surface area (Å²) in [6.07, 6.45) is -13.0. The highest BCUT2D eigenvalue weighted by Crippen LogP contribution is 2.58. The molecule has 268 valence electrons. The van der Waals surface area contributed by atoms with E-state index in [0.29, 0.717) is 18.2 Å². The van der Waals surface area contributed by atoms with Crippen LogP contribution in [0.5, 0.6) is 0 Å². The maximum absolute atomic E-state index is 15.3. The second kappa shape index (κ2) is 13.0. The molecule has 0 amide bonds. The van der Waals surface area contributed by atoms with Crippen molar-refractivity contribution in [3.05, 3.63) is 120 Å². The van der Waals surface area contributed by atoms with E-state index in [4.69, 9.17) is 10.5 Å². The minimum atomic E-state index is -6.56. The number of alkyl halides is 6. The van der Waals surface area contributed by atoms with Crippen molar-refractivity contribution in [1.29, 1.82) is 26.3 Å². The van der Waals surface area contributed by atoms with Crippen LogP contribution in [0.1, 0.15) is 38.9 Å². The van der Waals surface area contributed by atoms with Crippen LogP contribution in [0.15, 0.2) is 16.7 Å². The Hall–Kier alpha value is -6.86. The topological polar surface area (TPSA) is 119 Å². The first-order chi connectivity index (χ1) is 24.5. The third-order valence-corrected chi connectivity index (χ3v) is 7.16. The van der Waals surface area contributed by atoms with E-state index in [2.05, 4.69) is 0 Å². The number of nitrogens with zero attached hydrogens (tertiary/aromatic N) is 5. The zero-order valence-corrected chi connectivity index (χ0v) is 24.2. The van der Waals surface area contributed by atoms with E-state index in [1.807, 2.05) is 0 Å². The molecule has 0 spiro atoms. The molecular weight excluding hydrogens is 765 g/mol. The summed E-state index contributed by atoms with van der Waals surface area (Å²) < 4.78 is 246. The van der Waals surface area contributed by atoms with Gasteiger partial charge in [0.15, 0.2) is 64.0 Å². The van der Waals surface area contributed by atoms with Crippen LogP contribution in [0.25, 0.3) is 16.7 Å². The highest BCUT2D eigenvalue weighted by Gasteiger charge is 2.51. The van der Waals surface area contributed by atoms with Gasteiger partial charge in [0.2, 0.25) is 0 Å². The van der Waals surface area contributed by atoms with Crippen LogP contribution in [0.2, 0.25) is 0 Å². The maximum atomic E-state index is 15.3. The Bertz CT molecular complexity index is 2360. The highest BCUT2D eigenvalue weighted by atomic mass is 19.4. The lowest BCUT2D eigenvalue weighted by molar-refractivity contribution is -0.150. The molecule has 1 aliphatic carbocycles. The van der Waals surface area contributed by atoms with E-state index in [1.54, 1.807) is 0 Å². The minimum Gasteiger partial charge on any atom is -0.206 e. The zero-order valence-electron chi connectivity index (χ0n) is 24.2. The summed E-state index contributed by atoms with van der Waals surface area (Å²) in [6.45, 7) is 0. The fourth-order valence-electron chi connectivity index (χ4n) is 4.96. The van der Waals surface area contributed by atoms with Crippen molar-refractivity contribution in [2.45, 2.75) is 12.4 Å². The molecule has 0 N–H and O–H groups in total. The summed E-state index contributed by atoms with van der Waals surface area (Å²) >= 11 is 0. The smallest absolute Gasteiger partial charge is 0.206 e. The van der Waals surface area contributed by atoms with Crippen molar-refractivity contribution in [1.82, 2.24) is 0 Å². The summed E-state index contributed by atoms with van der Waals surface area (Å²) in [7, 11) is 0. The first-order valence-corrected chi connectivity index (χ1v) is 12.8. The molecule has 3 aromatic rings. The van der Waals surface area contributed by atoms with Gasteiger partial charge in [-0.1, -0.05) is 0 Å². The van der Waals surface area contributed by atoms with Crippen molar-refractivity contribution >= 4 is 16.7 Å². The van der Waals surface area contributed by atoms with Crippen LogP contribution in [0, 0.1) is 121 Å². The molecule has 0 aliphatic heterocycles. The van der Waals surface area contributed by atoms with Crippen LogP contribution in [-0.2, 0) is 12.4 Å². The average molecular weight is 765 g/mol. The molecule has 53 heavy (non-hydrogen) atoms. The van der Waals surface area contributed by atoms with Gasteiger partial charge in [-0.05, 0) is 0 Å². The monoisotopic (exact) mass is 765 g/mol. The van der Waals surface area contributed by atoms with E-state index in [1.165, 1.54) is 0 Å². The van der Waals surface area contributed by atoms with Gasteiger partial charge in [-0.3, -0.25) is 0 Å². The summed E-state index contributed by atoms with van der Waals surface area (Å²) in [5.41, 5.74) is -30.5. The number of rotatable bonds is 3. The SMILES string of the molecule is N#CC(=C1C(=C(C#N)c2c(F)c(F)c(C#N)c(F)c2F)C1=C(C#N)c1c(F)c(F)c(C(F)(F)F)c(F)c1C(F)(F)F)c1c(F)c(F)c(C#N)c(F)c1F. The highest BCUT2D eigenvalue weighted by molar-refractivity contribution is 6.12. The molecule has 1 saturated carbocycles. The molecule has 5 nitrogen and oxygen atoms in total. The van der Waals surface area contributed by atoms with Gasteiger partial charge < -0.3 is 0 Å². The van der Waals surface area contributed by atoms with Crippen LogP contribution >= 0.6 is 0 Å². The Kier molecular flexibility index (Phi) is 9.58. The Labute approximate surface area is 280 Å². The largest absolute Gasteiger partial charge is 0.422 e. The van der Waals surface area contributed by atoms with Gasteiger partial charge in [-0.15, -0.1) is 0 Å². The molecule has 0 saturated heterocycles. The predicted octanol–water partition coefficient (Wildman–Crippen LogP) is 9.24. The Morgan fingerprint density at radius 2 is 0.604 bits per heavy atom. The van der Waals surface area contributed by atoms with Crippen LogP contribution in [-0.4, -0.2) is 0 Å². The van der Waals surface area contributed by atoms with Crippen molar-refractivity contribution in [3.8, 4) is 30.3 Å². The number of halogens is 17. The zero-order chi connectivity index (χ0) is 40.4. The summed E-state index contributed by atoms with van der Waals surface area (Å²) in [6, 6.07) is 3.44. The summed E-state index contributed by atoms with van der Waals surface area (Å²) in [5, 5.41) is 47.0. The molecule has 1 aliphatic rings. The van der Waals surface area contributed by atoms with Crippen molar-refractivity contribution in [3.63, 3.8) is 0 Å². The molecule has 4 rings (SSSR count). The molecule has 0 aromatic heterocycles. The molecule has 0 unspecified atom stereocenters. The van der Waals surface area contributed by atoms with Gasteiger partial charge in [-0.25, -0.2) is 48.3 Å². The molecular formula is C31F17N5. The summed E-state index contributed by atoms with van der Waals surface area (Å²) in [4.78, 5) is 0. The number of nitriles is 5. The van der Waals surface area contributed by atoms with E-state index in [9.17, 15) is 68.5 Å². The Morgan fingerprint density at radius 3 is 0.849 bits per heavy atom. The molecule has 0 radical (unpaired) electrons. The van der Waals surface area contributed by atoms with Gasteiger partial charge >= 0.3 is 12.4 Å². The van der Waals surface area contributed by atoms with Crippen LogP contribution in [0.3, 0.4) is 0 Å². The first kappa shape index (κ1) is 38.9. The summed E-state index contributed by atoms with van der Waals surface area (Å²) in [5.74, 6) is -31.9. The lowest BCUT2D eigenvalue weighted by Gasteiger charge is -2.19. The van der Waals surface area contributed by atoms with E-state index < -0.39 is 149 Å². The van der Waals surface area contributed by atoms with Crippen LogP contribution in [0.4, 0.5) is 74.6 Å². The number of hydrogen-bond donors (Lipinski definition) is 0.